The minimum atomic E-state index is -0.276. The van der Waals surface area contributed by atoms with Gasteiger partial charge in [-0.1, -0.05) is 11.8 Å². The summed E-state index contributed by atoms with van der Waals surface area (Å²) in [6, 6.07) is 3.56. The number of benzene rings is 1. The van der Waals surface area contributed by atoms with Gasteiger partial charge in [0, 0.05) is 11.5 Å². The average molecular weight is 294 g/mol. The number of thioether (sulfide) groups is 1. The van der Waals surface area contributed by atoms with Gasteiger partial charge in [-0.2, -0.15) is 0 Å². The van der Waals surface area contributed by atoms with E-state index in [9.17, 15) is 4.79 Å². The second-order valence-corrected chi connectivity index (χ2v) is 4.72. The van der Waals surface area contributed by atoms with Gasteiger partial charge in [0.1, 0.15) is 11.4 Å². The minimum absolute atomic E-state index is 0.178. The molecule has 0 saturated carbocycles. The normalized spacial score (nSPS) is 10.3. The van der Waals surface area contributed by atoms with Crippen LogP contribution in [0.5, 0.6) is 11.5 Å². The summed E-state index contributed by atoms with van der Waals surface area (Å²) in [5.41, 5.74) is 2.79. The Morgan fingerprint density at radius 1 is 1.30 bits per heavy atom. The lowest BCUT2D eigenvalue weighted by Gasteiger charge is -2.10. The molecule has 0 aliphatic rings. The van der Waals surface area contributed by atoms with Gasteiger partial charge in [-0.15, -0.1) is 0 Å². The topological polar surface area (TPSA) is 99.4 Å². The third-order valence-corrected chi connectivity index (χ3v) is 3.61. The summed E-state index contributed by atoms with van der Waals surface area (Å²) < 4.78 is 10.5. The van der Waals surface area contributed by atoms with Crippen molar-refractivity contribution < 1.29 is 14.3 Å². The van der Waals surface area contributed by atoms with Gasteiger partial charge in [-0.25, -0.2) is 15.8 Å². The standard InChI is InChI=1S/C12H14N4O3S/c1-18-9-3-7-8(4-10(9)19-2)14-6-15-12(7)20-5-11(17)16-13/h3-4,6H,5,13H2,1-2H3,(H,16,17). The average Bonchev–Trinajstić information content (AvgIpc) is 2.50. The predicted molar refractivity (Wildman–Crippen MR) is 75.7 cm³/mol. The van der Waals surface area contributed by atoms with Crippen molar-refractivity contribution in [1.82, 2.24) is 15.4 Å². The Morgan fingerprint density at radius 2 is 2.00 bits per heavy atom. The molecule has 8 heteroatoms. The van der Waals surface area contributed by atoms with Gasteiger partial charge in [-0.3, -0.25) is 10.2 Å². The highest BCUT2D eigenvalue weighted by atomic mass is 32.2. The summed E-state index contributed by atoms with van der Waals surface area (Å²) in [6.45, 7) is 0. The van der Waals surface area contributed by atoms with Gasteiger partial charge in [0.25, 0.3) is 0 Å². The molecule has 1 aromatic heterocycles. The number of amides is 1. The van der Waals surface area contributed by atoms with E-state index in [0.717, 1.165) is 5.39 Å². The number of nitrogens with one attached hydrogen (secondary N) is 1. The highest BCUT2D eigenvalue weighted by molar-refractivity contribution is 8.00. The molecule has 0 atom stereocenters. The molecule has 106 valence electrons. The van der Waals surface area contributed by atoms with E-state index in [1.807, 2.05) is 0 Å². The first-order valence-corrected chi connectivity index (χ1v) is 6.67. The molecule has 3 N–H and O–H groups in total. The number of nitrogens with two attached hydrogens (primary N) is 1. The van der Waals surface area contributed by atoms with E-state index in [1.54, 1.807) is 26.4 Å². The van der Waals surface area contributed by atoms with Crippen LogP contribution in [0, 0.1) is 0 Å². The van der Waals surface area contributed by atoms with Crippen molar-refractivity contribution in [2.75, 3.05) is 20.0 Å². The lowest BCUT2D eigenvalue weighted by Crippen LogP contribution is -2.31. The van der Waals surface area contributed by atoms with E-state index in [1.165, 1.54) is 18.1 Å². The number of rotatable bonds is 5. The van der Waals surface area contributed by atoms with Crippen LogP contribution in [-0.4, -0.2) is 35.8 Å². The SMILES string of the molecule is COc1cc2ncnc(SCC(=O)NN)c2cc1OC. The van der Waals surface area contributed by atoms with Crippen molar-refractivity contribution in [2.45, 2.75) is 5.03 Å². The van der Waals surface area contributed by atoms with E-state index in [2.05, 4.69) is 15.4 Å². The molecule has 1 amide bonds. The zero-order valence-corrected chi connectivity index (χ0v) is 11.9. The molecule has 0 bridgehead atoms. The number of ether oxygens (including phenoxy) is 2. The molecule has 0 fully saturated rings. The van der Waals surface area contributed by atoms with E-state index in [0.29, 0.717) is 22.0 Å². The molecule has 0 unspecified atom stereocenters. The molecule has 1 heterocycles. The van der Waals surface area contributed by atoms with Gasteiger partial charge in [0.2, 0.25) is 5.91 Å². The van der Waals surface area contributed by atoms with E-state index < -0.39 is 0 Å². The fraction of sp³-hybridized carbons (Fsp3) is 0.250. The molecular weight excluding hydrogens is 280 g/mol. The summed E-state index contributed by atoms with van der Waals surface area (Å²) >= 11 is 1.28. The fourth-order valence-corrected chi connectivity index (χ4v) is 2.44. The van der Waals surface area contributed by atoms with E-state index in [4.69, 9.17) is 15.3 Å². The van der Waals surface area contributed by atoms with Crippen molar-refractivity contribution >= 4 is 28.6 Å². The summed E-state index contributed by atoms with van der Waals surface area (Å²) in [5.74, 6) is 6.13. The maximum Gasteiger partial charge on any atom is 0.244 e. The third-order valence-electron chi connectivity index (χ3n) is 2.61. The third kappa shape index (κ3) is 2.91. The van der Waals surface area contributed by atoms with Crippen molar-refractivity contribution in [3.8, 4) is 11.5 Å². The maximum absolute atomic E-state index is 11.2. The number of hydrogen-bond donors (Lipinski definition) is 2. The predicted octanol–water partition coefficient (Wildman–Crippen LogP) is 0.729. The number of methoxy groups -OCH3 is 2. The maximum atomic E-state index is 11.2. The van der Waals surface area contributed by atoms with Crippen LogP contribution < -0.4 is 20.7 Å². The second-order valence-electron chi connectivity index (χ2n) is 3.76. The molecule has 0 saturated heterocycles. The molecule has 7 nitrogen and oxygen atoms in total. The number of carbonyl (C=O) groups is 1. The van der Waals surface area contributed by atoms with Crippen molar-refractivity contribution in [1.29, 1.82) is 0 Å². The number of carbonyl (C=O) groups excluding carboxylic acids is 1. The van der Waals surface area contributed by atoms with Gasteiger partial charge in [0.15, 0.2) is 11.5 Å². The van der Waals surface area contributed by atoms with Gasteiger partial charge in [-0.05, 0) is 6.07 Å². The smallest absolute Gasteiger partial charge is 0.244 e. The van der Waals surface area contributed by atoms with Crippen LogP contribution in [0.2, 0.25) is 0 Å². The summed E-state index contributed by atoms with van der Waals surface area (Å²) in [5, 5.41) is 1.47. The minimum Gasteiger partial charge on any atom is -0.493 e. The number of fused-ring (bicyclic) bond motifs is 1. The zero-order chi connectivity index (χ0) is 14.5. The Balaban J connectivity index is 2.42. The number of hydrazine groups is 1. The highest BCUT2D eigenvalue weighted by Gasteiger charge is 2.12. The molecule has 1 aromatic carbocycles. The van der Waals surface area contributed by atoms with Crippen LogP contribution in [0.4, 0.5) is 0 Å². The fourth-order valence-electron chi connectivity index (χ4n) is 1.65. The van der Waals surface area contributed by atoms with Crippen molar-refractivity contribution in [2.24, 2.45) is 5.84 Å². The monoisotopic (exact) mass is 294 g/mol. The summed E-state index contributed by atoms with van der Waals surface area (Å²) in [7, 11) is 3.12. The summed E-state index contributed by atoms with van der Waals surface area (Å²) in [6.07, 6.45) is 1.44. The van der Waals surface area contributed by atoms with Crippen LogP contribution in [-0.2, 0) is 4.79 Å². The molecule has 2 rings (SSSR count). The van der Waals surface area contributed by atoms with Crippen molar-refractivity contribution in [3.05, 3.63) is 18.5 Å². The zero-order valence-electron chi connectivity index (χ0n) is 11.0. The largest absolute Gasteiger partial charge is 0.493 e. The molecule has 0 spiro atoms. The number of aromatic nitrogens is 2. The summed E-state index contributed by atoms with van der Waals surface area (Å²) in [4.78, 5) is 19.6. The van der Waals surface area contributed by atoms with Crippen LogP contribution >= 0.6 is 11.8 Å². The van der Waals surface area contributed by atoms with E-state index in [-0.39, 0.29) is 11.7 Å². The molecule has 20 heavy (non-hydrogen) atoms. The van der Waals surface area contributed by atoms with Crippen LogP contribution in [0.25, 0.3) is 10.9 Å². The Hall–Kier alpha value is -2.06. The Morgan fingerprint density at radius 3 is 2.65 bits per heavy atom. The van der Waals surface area contributed by atoms with Gasteiger partial charge >= 0.3 is 0 Å². The Bertz CT molecular complexity index is 635. The number of nitrogens with zero attached hydrogens (tertiary/aromatic N) is 2. The van der Waals surface area contributed by atoms with E-state index >= 15 is 0 Å². The van der Waals surface area contributed by atoms with Crippen LogP contribution in [0.3, 0.4) is 0 Å². The highest BCUT2D eigenvalue weighted by Crippen LogP contribution is 2.34. The molecule has 2 aromatic rings. The van der Waals surface area contributed by atoms with Gasteiger partial charge < -0.3 is 9.47 Å². The van der Waals surface area contributed by atoms with Crippen molar-refractivity contribution in [3.63, 3.8) is 0 Å². The lowest BCUT2D eigenvalue weighted by atomic mass is 10.2. The first-order chi connectivity index (χ1) is 9.69. The van der Waals surface area contributed by atoms with Crippen LogP contribution in [0.1, 0.15) is 0 Å². The molecule has 0 aliphatic heterocycles. The number of hydrogen-bond acceptors (Lipinski definition) is 7. The molecular formula is C12H14N4O3S. The Kier molecular flexibility index (Phi) is 4.59. The first kappa shape index (κ1) is 14.4. The van der Waals surface area contributed by atoms with Crippen LogP contribution in [0.15, 0.2) is 23.5 Å². The molecule has 0 radical (unpaired) electrons. The van der Waals surface area contributed by atoms with Gasteiger partial charge in [0.05, 0.1) is 25.5 Å². The first-order valence-electron chi connectivity index (χ1n) is 5.68. The lowest BCUT2D eigenvalue weighted by molar-refractivity contribution is -0.118. The Labute approximate surface area is 119 Å². The second kappa shape index (κ2) is 6.40. The quantitative estimate of drug-likeness (QED) is 0.276. The molecule has 0 aliphatic carbocycles.